The fourth-order valence-corrected chi connectivity index (χ4v) is 5.97. The topological polar surface area (TPSA) is 124 Å². The van der Waals surface area contributed by atoms with Crippen LogP contribution in [0, 0.1) is 0 Å². The van der Waals surface area contributed by atoms with Crippen molar-refractivity contribution in [1.29, 1.82) is 0 Å². The second kappa shape index (κ2) is 13.6. The average Bonchev–Trinajstić information content (AvgIpc) is 3.80. The summed E-state index contributed by atoms with van der Waals surface area (Å²) in [6.07, 6.45) is 0.408. The molecule has 1 spiro atoms. The molecule has 0 N–H and O–H groups in total. The summed E-state index contributed by atoms with van der Waals surface area (Å²) in [5, 5.41) is 2.11. The van der Waals surface area contributed by atoms with Crippen molar-refractivity contribution in [2.24, 2.45) is 0 Å². The van der Waals surface area contributed by atoms with Crippen LogP contribution in [0.1, 0.15) is 85.8 Å². The number of hydroxylamine groups is 2. The van der Waals surface area contributed by atoms with Gasteiger partial charge in [0.05, 0.1) is 25.4 Å². The lowest BCUT2D eigenvalue weighted by atomic mass is 9.73. The lowest BCUT2D eigenvalue weighted by molar-refractivity contribution is -0.417. The van der Waals surface area contributed by atoms with Crippen LogP contribution < -0.4 is 4.74 Å². The largest absolute Gasteiger partial charge is 0.511 e. The third-order valence-corrected chi connectivity index (χ3v) is 8.22. The standard InChI is InChI=1S/C31H47NO11/c1-8-29(9-2)19-30(39-20-31(21-40-30,41-26(33)35-10-3)42-27(34)36-11-4)18-28(6,7)32(29)43-22(5)23-12-14-24(15-13-23)37-16-25-17-38-25/h12-15,22,25H,8-11,16-21H2,1-7H3. The Kier molecular flexibility index (Phi) is 10.5. The van der Waals surface area contributed by atoms with E-state index in [2.05, 4.69) is 32.8 Å². The Bertz CT molecular complexity index is 1050. The maximum Gasteiger partial charge on any atom is 0.511 e. The molecule has 0 aliphatic carbocycles. The predicted molar refractivity (Wildman–Crippen MR) is 153 cm³/mol. The van der Waals surface area contributed by atoms with Gasteiger partial charge in [-0.3, -0.25) is 4.84 Å². The van der Waals surface area contributed by atoms with Crippen molar-refractivity contribution in [3.63, 3.8) is 0 Å². The summed E-state index contributed by atoms with van der Waals surface area (Å²) < 4.78 is 44.4. The molecule has 4 rings (SSSR count). The van der Waals surface area contributed by atoms with Crippen LogP contribution in [-0.4, -0.2) is 85.8 Å². The first-order chi connectivity index (χ1) is 20.4. The van der Waals surface area contributed by atoms with Crippen LogP contribution in [0.25, 0.3) is 0 Å². The van der Waals surface area contributed by atoms with E-state index in [1.165, 1.54) is 0 Å². The number of carbonyl (C=O) groups excluding carboxylic acids is 2. The SMILES string of the molecule is CCOC(=O)OC1(OC(=O)OCC)COC2(CC(C)(C)N(OC(C)c3ccc(OCC4CO4)cc3)C(CC)(CC)C2)OC1. The molecule has 1 aromatic rings. The predicted octanol–water partition coefficient (Wildman–Crippen LogP) is 5.68. The Balaban J connectivity index is 1.49. The number of nitrogens with zero attached hydrogens (tertiary/aromatic N) is 1. The highest BCUT2D eigenvalue weighted by molar-refractivity contribution is 5.63. The van der Waals surface area contributed by atoms with Gasteiger partial charge in [0, 0.05) is 18.4 Å². The van der Waals surface area contributed by atoms with Gasteiger partial charge >= 0.3 is 18.1 Å². The molecule has 2 atom stereocenters. The molecular weight excluding hydrogens is 562 g/mol. The number of epoxide rings is 1. The second-order valence-electron chi connectivity index (χ2n) is 11.9. The fraction of sp³-hybridized carbons (Fsp3) is 0.742. The van der Waals surface area contributed by atoms with E-state index in [4.69, 9.17) is 42.7 Å². The van der Waals surface area contributed by atoms with Gasteiger partial charge in [-0.2, -0.15) is 5.06 Å². The molecule has 12 heteroatoms. The number of ether oxygens (including phenoxy) is 8. The van der Waals surface area contributed by atoms with Crippen molar-refractivity contribution in [3.8, 4) is 5.75 Å². The van der Waals surface area contributed by atoms with Crippen molar-refractivity contribution in [3.05, 3.63) is 29.8 Å². The van der Waals surface area contributed by atoms with Gasteiger partial charge in [0.1, 0.15) is 37.8 Å². The molecule has 3 aliphatic heterocycles. The Morgan fingerprint density at radius 1 is 0.930 bits per heavy atom. The zero-order chi connectivity index (χ0) is 31.3. The molecule has 0 saturated carbocycles. The minimum absolute atomic E-state index is 0.0890. The summed E-state index contributed by atoms with van der Waals surface area (Å²) in [5.74, 6) is -2.09. The van der Waals surface area contributed by atoms with Crippen molar-refractivity contribution < 1.29 is 52.3 Å². The molecule has 43 heavy (non-hydrogen) atoms. The maximum atomic E-state index is 12.2. The molecule has 2 unspecified atom stereocenters. The van der Waals surface area contributed by atoms with E-state index in [0.717, 1.165) is 30.8 Å². The van der Waals surface area contributed by atoms with E-state index in [0.29, 0.717) is 19.4 Å². The van der Waals surface area contributed by atoms with Gasteiger partial charge in [-0.15, -0.1) is 0 Å². The molecule has 0 amide bonds. The average molecular weight is 610 g/mol. The third-order valence-electron chi connectivity index (χ3n) is 8.22. The molecule has 0 radical (unpaired) electrons. The number of hydrogen-bond donors (Lipinski definition) is 0. The van der Waals surface area contributed by atoms with Crippen molar-refractivity contribution in [1.82, 2.24) is 5.06 Å². The van der Waals surface area contributed by atoms with Crippen LogP contribution >= 0.6 is 0 Å². The first kappa shape index (κ1) is 33.3. The maximum absolute atomic E-state index is 12.2. The fourth-order valence-electron chi connectivity index (χ4n) is 5.97. The summed E-state index contributed by atoms with van der Waals surface area (Å²) in [6, 6.07) is 7.94. The monoisotopic (exact) mass is 609 g/mol. The summed E-state index contributed by atoms with van der Waals surface area (Å²) >= 11 is 0. The number of hydrogen-bond acceptors (Lipinski definition) is 12. The second-order valence-corrected chi connectivity index (χ2v) is 11.9. The van der Waals surface area contributed by atoms with E-state index in [1.807, 2.05) is 31.2 Å². The molecule has 242 valence electrons. The number of piperidine rings is 1. The smallest absolute Gasteiger partial charge is 0.491 e. The zero-order valence-electron chi connectivity index (χ0n) is 26.5. The number of rotatable bonds is 12. The highest BCUT2D eigenvalue weighted by Gasteiger charge is 2.61. The molecular formula is C31H47NO11. The molecule has 3 fully saturated rings. The van der Waals surface area contributed by atoms with Crippen LogP contribution in [0.3, 0.4) is 0 Å². The molecule has 0 bridgehead atoms. The minimum atomic E-state index is -1.85. The summed E-state index contributed by atoms with van der Waals surface area (Å²) in [4.78, 5) is 31.2. The summed E-state index contributed by atoms with van der Waals surface area (Å²) in [5.41, 5.74) is 0.0396. The Morgan fingerprint density at radius 2 is 1.49 bits per heavy atom. The van der Waals surface area contributed by atoms with Crippen LogP contribution in [0.2, 0.25) is 0 Å². The van der Waals surface area contributed by atoms with Crippen molar-refractivity contribution in [2.75, 3.05) is 39.6 Å². The van der Waals surface area contributed by atoms with Gasteiger partial charge < -0.3 is 37.9 Å². The van der Waals surface area contributed by atoms with Gasteiger partial charge in [-0.05, 0) is 65.2 Å². The molecule has 3 saturated heterocycles. The first-order valence-corrected chi connectivity index (χ1v) is 15.2. The lowest BCUT2D eigenvalue weighted by Gasteiger charge is -2.61. The lowest BCUT2D eigenvalue weighted by Crippen LogP contribution is -2.70. The zero-order valence-corrected chi connectivity index (χ0v) is 26.5. The Hall–Kier alpha value is -2.64. The van der Waals surface area contributed by atoms with Crippen LogP contribution in [-0.2, 0) is 38.0 Å². The van der Waals surface area contributed by atoms with Gasteiger partial charge in [0.15, 0.2) is 5.79 Å². The van der Waals surface area contributed by atoms with Crippen molar-refractivity contribution >= 4 is 12.3 Å². The molecule has 3 heterocycles. The van der Waals surface area contributed by atoms with E-state index < -0.39 is 35.0 Å². The van der Waals surface area contributed by atoms with Crippen LogP contribution in [0.4, 0.5) is 9.59 Å². The van der Waals surface area contributed by atoms with Gasteiger partial charge in [0.25, 0.3) is 0 Å². The number of benzene rings is 1. The highest BCUT2D eigenvalue weighted by atomic mass is 16.9. The van der Waals surface area contributed by atoms with E-state index >= 15 is 0 Å². The molecule has 12 nitrogen and oxygen atoms in total. The van der Waals surface area contributed by atoms with E-state index in [1.54, 1.807) is 13.8 Å². The number of carbonyl (C=O) groups is 2. The molecule has 0 aromatic heterocycles. The van der Waals surface area contributed by atoms with Gasteiger partial charge in [-0.25, -0.2) is 9.59 Å². The summed E-state index contributed by atoms with van der Waals surface area (Å²) in [6.45, 7) is 14.7. The van der Waals surface area contributed by atoms with E-state index in [9.17, 15) is 9.59 Å². The van der Waals surface area contributed by atoms with Gasteiger partial charge in [-0.1, -0.05) is 26.0 Å². The van der Waals surface area contributed by atoms with Gasteiger partial charge in [0.2, 0.25) is 0 Å². The normalized spacial score (nSPS) is 24.0. The molecule has 3 aliphatic rings. The highest BCUT2D eigenvalue weighted by Crippen LogP contribution is 2.51. The van der Waals surface area contributed by atoms with E-state index in [-0.39, 0.29) is 38.6 Å². The molecule has 1 aromatic carbocycles. The van der Waals surface area contributed by atoms with Crippen LogP contribution in [0.15, 0.2) is 24.3 Å². The first-order valence-electron chi connectivity index (χ1n) is 15.2. The minimum Gasteiger partial charge on any atom is -0.491 e. The Labute approximate surface area is 254 Å². The third kappa shape index (κ3) is 7.91. The quantitative estimate of drug-likeness (QED) is 0.165. The van der Waals surface area contributed by atoms with Crippen LogP contribution in [0.5, 0.6) is 5.75 Å². The summed E-state index contributed by atoms with van der Waals surface area (Å²) in [7, 11) is 0. The van der Waals surface area contributed by atoms with Crippen molar-refractivity contribution in [2.45, 2.75) is 109 Å². The Morgan fingerprint density at radius 3 is 1.98 bits per heavy atom.